The van der Waals surface area contributed by atoms with Crippen molar-refractivity contribution < 1.29 is 9.21 Å². The molecule has 0 atom stereocenters. The second-order valence-corrected chi connectivity index (χ2v) is 8.46. The predicted molar refractivity (Wildman–Crippen MR) is 133 cm³/mol. The summed E-state index contributed by atoms with van der Waals surface area (Å²) in [5.74, 6) is 0.173. The van der Waals surface area contributed by atoms with Crippen molar-refractivity contribution in [3.63, 3.8) is 0 Å². The van der Waals surface area contributed by atoms with Gasteiger partial charge in [0.25, 0.3) is 5.91 Å². The summed E-state index contributed by atoms with van der Waals surface area (Å²) >= 11 is 0. The molecular weight excluding hydrogens is 442 g/mol. The monoisotopic (exact) mass is 465 g/mol. The minimum atomic E-state index is -0.385. The highest BCUT2D eigenvalue weighted by Crippen LogP contribution is 2.26. The number of fused-ring (bicyclic) bond motifs is 2. The average Bonchev–Trinajstić information content (AvgIpc) is 3.33. The van der Waals surface area contributed by atoms with E-state index in [1.54, 1.807) is 12.3 Å². The zero-order chi connectivity index (χ0) is 23.6. The van der Waals surface area contributed by atoms with Crippen LogP contribution in [-0.4, -0.2) is 56.9 Å². The summed E-state index contributed by atoms with van der Waals surface area (Å²) in [6.07, 6.45) is 1.65. The molecule has 0 aliphatic carbocycles. The Bertz CT molecular complexity index is 1530. The van der Waals surface area contributed by atoms with Crippen molar-refractivity contribution in [3.05, 3.63) is 78.4 Å². The summed E-state index contributed by atoms with van der Waals surface area (Å²) in [6.45, 7) is 4.80. The van der Waals surface area contributed by atoms with Crippen LogP contribution in [0.25, 0.3) is 33.6 Å². The fraction of sp³-hybridized carbons (Fsp3) is 0.192. The lowest BCUT2D eigenvalue weighted by atomic mass is 10.2. The number of aromatic nitrogens is 4. The first-order valence-electron chi connectivity index (χ1n) is 11.5. The highest BCUT2D eigenvalue weighted by molar-refractivity contribution is 6.02. The molecule has 1 fully saturated rings. The molecule has 0 bridgehead atoms. The molecule has 0 spiro atoms. The Kier molecular flexibility index (Phi) is 5.61. The zero-order valence-electron chi connectivity index (χ0n) is 18.9. The van der Waals surface area contributed by atoms with E-state index in [0.29, 0.717) is 22.8 Å². The van der Waals surface area contributed by atoms with E-state index in [1.165, 1.54) is 0 Å². The molecule has 9 heteroatoms. The zero-order valence-corrected chi connectivity index (χ0v) is 18.9. The van der Waals surface area contributed by atoms with Crippen LogP contribution in [0.15, 0.2) is 71.3 Å². The van der Waals surface area contributed by atoms with Crippen LogP contribution in [0, 0.1) is 0 Å². The molecule has 0 saturated carbocycles. The number of piperazine rings is 1. The predicted octanol–water partition coefficient (Wildman–Crippen LogP) is 3.49. The van der Waals surface area contributed by atoms with Crippen molar-refractivity contribution in [2.45, 2.75) is 6.54 Å². The van der Waals surface area contributed by atoms with E-state index in [0.717, 1.165) is 54.9 Å². The summed E-state index contributed by atoms with van der Waals surface area (Å²) in [5.41, 5.74) is 4.23. The topological polar surface area (TPSA) is 109 Å². The van der Waals surface area contributed by atoms with Crippen LogP contribution in [0.5, 0.6) is 0 Å². The Balaban J connectivity index is 1.21. The van der Waals surface area contributed by atoms with Crippen molar-refractivity contribution in [3.8, 4) is 11.5 Å². The number of nitrogens with zero attached hydrogens (tertiary/aromatic N) is 5. The quantitative estimate of drug-likeness (QED) is 0.406. The van der Waals surface area contributed by atoms with Gasteiger partial charge in [-0.15, -0.1) is 0 Å². The summed E-state index contributed by atoms with van der Waals surface area (Å²) in [7, 11) is 0. The Morgan fingerprint density at radius 3 is 2.80 bits per heavy atom. The molecule has 1 amide bonds. The van der Waals surface area contributed by atoms with E-state index in [1.807, 2.05) is 54.6 Å². The maximum atomic E-state index is 12.8. The number of oxazole rings is 1. The minimum Gasteiger partial charge on any atom is -0.434 e. The van der Waals surface area contributed by atoms with Gasteiger partial charge in [-0.1, -0.05) is 24.3 Å². The number of nitrogens with one attached hydrogen (secondary N) is 2. The van der Waals surface area contributed by atoms with Crippen LogP contribution in [0.4, 0.5) is 5.69 Å². The van der Waals surface area contributed by atoms with Crippen molar-refractivity contribution in [1.29, 1.82) is 0 Å². The van der Waals surface area contributed by atoms with Gasteiger partial charge in [-0.2, -0.15) is 4.98 Å². The van der Waals surface area contributed by atoms with E-state index in [-0.39, 0.29) is 11.7 Å². The molecule has 6 rings (SSSR count). The molecule has 1 aliphatic rings. The maximum Gasteiger partial charge on any atom is 0.293 e. The first kappa shape index (κ1) is 21.3. The SMILES string of the molecule is O=C(Nc1cccc(-c2nc3nc(CN4CCNCC4)ccc3o2)c1)c1ncc2ccccc2n1. The number of anilines is 1. The largest absolute Gasteiger partial charge is 0.434 e. The van der Waals surface area contributed by atoms with E-state index in [4.69, 9.17) is 9.40 Å². The van der Waals surface area contributed by atoms with Crippen LogP contribution in [0.1, 0.15) is 16.3 Å². The average molecular weight is 466 g/mol. The molecular formula is C26H23N7O2. The Morgan fingerprint density at radius 2 is 1.89 bits per heavy atom. The summed E-state index contributed by atoms with van der Waals surface area (Å²) in [4.78, 5) is 33.0. The third kappa shape index (κ3) is 4.59. The fourth-order valence-corrected chi connectivity index (χ4v) is 4.17. The summed E-state index contributed by atoms with van der Waals surface area (Å²) in [6, 6.07) is 18.8. The highest BCUT2D eigenvalue weighted by Gasteiger charge is 2.15. The second-order valence-electron chi connectivity index (χ2n) is 8.46. The summed E-state index contributed by atoms with van der Waals surface area (Å²) < 4.78 is 5.96. The lowest BCUT2D eigenvalue weighted by Crippen LogP contribution is -2.43. The first-order chi connectivity index (χ1) is 17.2. The summed E-state index contributed by atoms with van der Waals surface area (Å²) in [5, 5.41) is 7.10. The number of amides is 1. The molecule has 5 aromatic rings. The highest BCUT2D eigenvalue weighted by atomic mass is 16.3. The first-order valence-corrected chi connectivity index (χ1v) is 11.5. The molecule has 0 radical (unpaired) electrons. The van der Waals surface area contributed by atoms with Crippen LogP contribution in [0.2, 0.25) is 0 Å². The fourth-order valence-electron chi connectivity index (χ4n) is 4.17. The molecule has 3 aromatic heterocycles. The van der Waals surface area contributed by atoms with Crippen molar-refractivity contribution in [2.24, 2.45) is 0 Å². The van der Waals surface area contributed by atoms with E-state index >= 15 is 0 Å². The van der Waals surface area contributed by atoms with Gasteiger partial charge in [-0.05, 0) is 36.4 Å². The minimum absolute atomic E-state index is 0.109. The molecule has 4 heterocycles. The third-order valence-corrected chi connectivity index (χ3v) is 5.97. The molecule has 174 valence electrons. The van der Waals surface area contributed by atoms with Gasteiger partial charge in [0, 0.05) is 55.6 Å². The molecule has 1 aliphatic heterocycles. The van der Waals surface area contributed by atoms with Crippen LogP contribution < -0.4 is 10.6 Å². The van der Waals surface area contributed by atoms with Crippen molar-refractivity contribution in [1.82, 2.24) is 30.2 Å². The smallest absolute Gasteiger partial charge is 0.293 e. The van der Waals surface area contributed by atoms with Gasteiger partial charge < -0.3 is 15.1 Å². The number of para-hydroxylation sites is 1. The molecule has 0 unspecified atom stereocenters. The number of carbonyl (C=O) groups is 1. The molecule has 9 nitrogen and oxygen atoms in total. The third-order valence-electron chi connectivity index (χ3n) is 5.97. The normalized spacial score (nSPS) is 14.4. The Labute approximate surface area is 201 Å². The van der Waals surface area contributed by atoms with Gasteiger partial charge in [0.15, 0.2) is 11.2 Å². The molecule has 2 aromatic carbocycles. The van der Waals surface area contributed by atoms with Gasteiger partial charge in [0.1, 0.15) is 0 Å². The number of hydrogen-bond donors (Lipinski definition) is 2. The Hall–Kier alpha value is -4.21. The number of benzene rings is 2. The van der Waals surface area contributed by atoms with Gasteiger partial charge in [-0.3, -0.25) is 9.69 Å². The van der Waals surface area contributed by atoms with Crippen molar-refractivity contribution in [2.75, 3.05) is 31.5 Å². The van der Waals surface area contributed by atoms with Gasteiger partial charge in [-0.25, -0.2) is 15.0 Å². The van der Waals surface area contributed by atoms with Crippen LogP contribution >= 0.6 is 0 Å². The molecule has 2 N–H and O–H groups in total. The number of hydrogen-bond acceptors (Lipinski definition) is 8. The maximum absolute atomic E-state index is 12.8. The molecule has 1 saturated heterocycles. The van der Waals surface area contributed by atoms with Crippen LogP contribution in [-0.2, 0) is 6.54 Å². The lowest BCUT2D eigenvalue weighted by molar-refractivity contribution is 0.101. The van der Waals surface area contributed by atoms with Crippen LogP contribution in [0.3, 0.4) is 0 Å². The Morgan fingerprint density at radius 1 is 1.00 bits per heavy atom. The van der Waals surface area contributed by atoms with E-state index in [2.05, 4.69) is 30.5 Å². The van der Waals surface area contributed by atoms with Gasteiger partial charge in [0.2, 0.25) is 11.7 Å². The van der Waals surface area contributed by atoms with Gasteiger partial charge in [0.05, 0.1) is 11.2 Å². The van der Waals surface area contributed by atoms with E-state index in [9.17, 15) is 4.79 Å². The van der Waals surface area contributed by atoms with Gasteiger partial charge >= 0.3 is 0 Å². The van der Waals surface area contributed by atoms with E-state index < -0.39 is 0 Å². The standard InChI is InChI=1S/C26H23N7O2/c34-25(24-28-15-18-4-1-2-7-21(18)31-24)30-19-6-3-5-17(14-19)26-32-23-22(35-26)9-8-20(29-23)16-33-12-10-27-11-13-33/h1-9,14-15,27H,10-13,16H2,(H,30,34). The molecule has 35 heavy (non-hydrogen) atoms. The number of pyridine rings is 1. The number of carbonyl (C=O) groups excluding carboxylic acids is 1. The second kappa shape index (κ2) is 9.21. The number of rotatable bonds is 5. The van der Waals surface area contributed by atoms with Crippen molar-refractivity contribution >= 4 is 33.7 Å². The lowest BCUT2D eigenvalue weighted by Gasteiger charge is -2.26.